The van der Waals surface area contributed by atoms with Crippen molar-refractivity contribution in [3.63, 3.8) is 0 Å². The molecule has 104 valence electrons. The number of benzene rings is 1. The lowest BCUT2D eigenvalue weighted by atomic mass is 10.1. The Morgan fingerprint density at radius 1 is 0.952 bits per heavy atom. The van der Waals surface area contributed by atoms with E-state index in [1.54, 1.807) is 6.07 Å². The summed E-state index contributed by atoms with van der Waals surface area (Å²) in [6.07, 6.45) is 1.92. The number of fused-ring (bicyclic) bond motifs is 1. The second kappa shape index (κ2) is 4.70. The fourth-order valence-corrected chi connectivity index (χ4v) is 2.82. The molecule has 4 rings (SSSR count). The first-order chi connectivity index (χ1) is 10.3. The molecule has 21 heavy (non-hydrogen) atoms. The first kappa shape index (κ1) is 12.1. The van der Waals surface area contributed by atoms with E-state index < -0.39 is 0 Å². The lowest BCUT2D eigenvalue weighted by molar-refractivity contribution is 0.415. The molecule has 0 fully saturated rings. The third-order valence-corrected chi connectivity index (χ3v) is 3.85. The van der Waals surface area contributed by atoms with Gasteiger partial charge in [-0.25, -0.2) is 4.98 Å². The Hall–Kier alpha value is -2.69. The van der Waals surface area contributed by atoms with E-state index in [4.69, 9.17) is 10.3 Å². The predicted octanol–water partition coefficient (Wildman–Crippen LogP) is 2.60. The zero-order chi connectivity index (χ0) is 14.2. The largest absolute Gasteiger partial charge is 0.384 e. The molecule has 0 radical (unpaired) electrons. The molecule has 2 aromatic heterocycles. The molecule has 0 bridgehead atoms. The topological polar surface area (TPSA) is 77.8 Å². The average Bonchev–Trinajstić information content (AvgIpc) is 3.14. The normalized spacial score (nSPS) is 14.3. The Labute approximate surface area is 121 Å². The molecule has 3 aromatic rings. The Bertz CT molecular complexity index is 771. The van der Waals surface area contributed by atoms with Gasteiger partial charge in [-0.2, -0.15) is 4.98 Å². The van der Waals surface area contributed by atoms with Crippen LogP contribution in [0.1, 0.15) is 22.9 Å². The molecule has 1 aliphatic carbocycles. The van der Waals surface area contributed by atoms with E-state index in [2.05, 4.69) is 39.4 Å². The highest BCUT2D eigenvalue weighted by Gasteiger charge is 2.26. The van der Waals surface area contributed by atoms with Crippen LogP contribution in [0.2, 0.25) is 0 Å². The first-order valence-electron chi connectivity index (χ1n) is 6.93. The van der Waals surface area contributed by atoms with E-state index in [1.807, 2.05) is 12.1 Å². The summed E-state index contributed by atoms with van der Waals surface area (Å²) in [5.74, 6) is 1.89. The van der Waals surface area contributed by atoms with Gasteiger partial charge in [0, 0.05) is 5.92 Å². The van der Waals surface area contributed by atoms with Crippen LogP contribution in [-0.2, 0) is 12.8 Å². The fourth-order valence-electron chi connectivity index (χ4n) is 2.82. The number of nitrogens with two attached hydrogens (primary N) is 1. The van der Waals surface area contributed by atoms with E-state index in [1.165, 1.54) is 11.1 Å². The van der Waals surface area contributed by atoms with Gasteiger partial charge >= 0.3 is 0 Å². The molecule has 5 nitrogen and oxygen atoms in total. The van der Waals surface area contributed by atoms with Crippen LogP contribution < -0.4 is 5.73 Å². The number of anilines is 1. The maximum absolute atomic E-state index is 5.68. The molecular formula is C16H14N4O. The minimum Gasteiger partial charge on any atom is -0.384 e. The maximum Gasteiger partial charge on any atom is 0.276 e. The van der Waals surface area contributed by atoms with Gasteiger partial charge in [-0.15, -0.1) is 0 Å². The molecule has 2 N–H and O–H groups in total. The van der Waals surface area contributed by atoms with Gasteiger partial charge in [0.05, 0.1) is 0 Å². The number of nitrogens with zero attached hydrogens (tertiary/aromatic N) is 3. The summed E-state index contributed by atoms with van der Waals surface area (Å²) in [4.78, 5) is 8.70. The number of aromatic nitrogens is 3. The lowest BCUT2D eigenvalue weighted by Crippen LogP contribution is -2.00. The van der Waals surface area contributed by atoms with Crippen LogP contribution in [0.25, 0.3) is 11.6 Å². The molecule has 0 unspecified atom stereocenters. The number of hydrogen-bond donors (Lipinski definition) is 1. The number of pyridine rings is 1. The second-order valence-electron chi connectivity index (χ2n) is 5.28. The van der Waals surface area contributed by atoms with Crippen LogP contribution in [0.5, 0.6) is 0 Å². The van der Waals surface area contributed by atoms with E-state index in [9.17, 15) is 0 Å². The number of nitrogen functional groups attached to an aromatic ring is 1. The lowest BCUT2D eigenvalue weighted by Gasteiger charge is -2.00. The summed E-state index contributed by atoms with van der Waals surface area (Å²) < 4.78 is 5.34. The third kappa shape index (κ3) is 2.16. The van der Waals surface area contributed by atoms with Crippen LogP contribution >= 0.6 is 0 Å². The minimum atomic E-state index is 0.279. The molecule has 0 atom stereocenters. The van der Waals surface area contributed by atoms with Crippen LogP contribution in [0.4, 0.5) is 5.82 Å². The van der Waals surface area contributed by atoms with Crippen molar-refractivity contribution >= 4 is 5.82 Å². The molecule has 1 aliphatic rings. The van der Waals surface area contributed by atoms with Gasteiger partial charge in [0.25, 0.3) is 5.89 Å². The van der Waals surface area contributed by atoms with E-state index in [0.29, 0.717) is 17.4 Å². The molecule has 0 spiro atoms. The Kier molecular flexibility index (Phi) is 2.70. The summed E-state index contributed by atoms with van der Waals surface area (Å²) in [6, 6.07) is 13.8. The van der Waals surface area contributed by atoms with Crippen molar-refractivity contribution in [1.29, 1.82) is 0 Å². The minimum absolute atomic E-state index is 0.279. The highest BCUT2D eigenvalue weighted by molar-refractivity contribution is 5.50. The van der Waals surface area contributed by atoms with Crippen molar-refractivity contribution in [2.24, 2.45) is 0 Å². The Morgan fingerprint density at radius 3 is 2.43 bits per heavy atom. The van der Waals surface area contributed by atoms with Gasteiger partial charge in [-0.3, -0.25) is 0 Å². The van der Waals surface area contributed by atoms with Crippen molar-refractivity contribution in [2.75, 3.05) is 5.73 Å². The molecule has 1 aromatic carbocycles. The highest BCUT2D eigenvalue weighted by atomic mass is 16.5. The summed E-state index contributed by atoms with van der Waals surface area (Å²) in [5.41, 5.74) is 9.04. The monoisotopic (exact) mass is 278 g/mol. The molecule has 5 heteroatoms. The zero-order valence-corrected chi connectivity index (χ0v) is 11.4. The number of rotatable bonds is 2. The summed E-state index contributed by atoms with van der Waals surface area (Å²) in [6.45, 7) is 0. The van der Waals surface area contributed by atoms with Gasteiger partial charge < -0.3 is 10.3 Å². The molecule has 0 saturated heterocycles. The molecule has 0 aliphatic heterocycles. The van der Waals surface area contributed by atoms with Crippen LogP contribution in [0, 0.1) is 0 Å². The standard InChI is InChI=1S/C16H14N4O/c17-14-7-3-6-13(18-14)16-19-15(20-21-16)12-8-10-4-1-2-5-11(10)9-12/h1-7,12H,8-9H2,(H2,17,18). The number of hydrogen-bond acceptors (Lipinski definition) is 5. The van der Waals surface area contributed by atoms with Crippen molar-refractivity contribution in [3.05, 3.63) is 59.4 Å². The summed E-state index contributed by atoms with van der Waals surface area (Å²) in [5, 5.41) is 4.12. The maximum atomic E-state index is 5.68. The highest BCUT2D eigenvalue weighted by Crippen LogP contribution is 2.33. The quantitative estimate of drug-likeness (QED) is 0.779. The fraction of sp³-hybridized carbons (Fsp3) is 0.188. The van der Waals surface area contributed by atoms with Crippen LogP contribution in [0.15, 0.2) is 47.0 Å². The van der Waals surface area contributed by atoms with Crippen molar-refractivity contribution in [3.8, 4) is 11.6 Å². The van der Waals surface area contributed by atoms with Gasteiger partial charge in [0.15, 0.2) is 5.82 Å². The molecular weight excluding hydrogens is 264 g/mol. The smallest absolute Gasteiger partial charge is 0.276 e. The summed E-state index contributed by atoms with van der Waals surface area (Å²) >= 11 is 0. The van der Waals surface area contributed by atoms with Crippen LogP contribution in [0.3, 0.4) is 0 Å². The molecule has 0 saturated carbocycles. The Morgan fingerprint density at radius 2 is 1.71 bits per heavy atom. The van der Waals surface area contributed by atoms with Crippen LogP contribution in [-0.4, -0.2) is 15.1 Å². The van der Waals surface area contributed by atoms with E-state index >= 15 is 0 Å². The second-order valence-corrected chi connectivity index (χ2v) is 5.28. The van der Waals surface area contributed by atoms with Crippen molar-refractivity contribution in [2.45, 2.75) is 18.8 Å². The third-order valence-electron chi connectivity index (χ3n) is 3.85. The van der Waals surface area contributed by atoms with Gasteiger partial charge in [0.1, 0.15) is 11.5 Å². The van der Waals surface area contributed by atoms with E-state index in [-0.39, 0.29) is 5.92 Å². The van der Waals surface area contributed by atoms with Crippen molar-refractivity contribution < 1.29 is 4.52 Å². The SMILES string of the molecule is Nc1cccc(-c2nc(C3Cc4ccccc4C3)no2)n1. The molecule has 0 amide bonds. The van der Waals surface area contributed by atoms with Gasteiger partial charge in [0.2, 0.25) is 0 Å². The first-order valence-corrected chi connectivity index (χ1v) is 6.93. The van der Waals surface area contributed by atoms with Gasteiger partial charge in [-0.1, -0.05) is 35.5 Å². The van der Waals surface area contributed by atoms with Gasteiger partial charge in [-0.05, 0) is 36.1 Å². The summed E-state index contributed by atoms with van der Waals surface area (Å²) in [7, 11) is 0. The van der Waals surface area contributed by atoms with E-state index in [0.717, 1.165) is 18.7 Å². The zero-order valence-electron chi connectivity index (χ0n) is 11.4. The average molecular weight is 278 g/mol. The predicted molar refractivity (Wildman–Crippen MR) is 78.5 cm³/mol. The van der Waals surface area contributed by atoms with Crippen molar-refractivity contribution in [1.82, 2.24) is 15.1 Å². The molecule has 2 heterocycles. The Balaban J connectivity index is 1.62.